The Morgan fingerprint density at radius 2 is 1.97 bits per heavy atom. The second kappa shape index (κ2) is 12.0. The second-order valence-corrected chi connectivity index (χ2v) is 9.53. The van der Waals surface area contributed by atoms with E-state index in [-0.39, 0.29) is 22.7 Å². The molecule has 1 unspecified atom stereocenters. The number of carbonyl (C=O) groups excluding carboxylic acids is 1. The monoisotopic (exact) mass is 521 g/mol. The molecule has 2 N–H and O–H groups in total. The summed E-state index contributed by atoms with van der Waals surface area (Å²) in [6.07, 6.45) is 1.75. The smallest absolute Gasteiger partial charge is 0.322 e. The van der Waals surface area contributed by atoms with Gasteiger partial charge in [0.05, 0.1) is 18.7 Å². The molecular weight excluding hydrogens is 490 g/mol. The summed E-state index contributed by atoms with van der Waals surface area (Å²) in [4.78, 5) is 30.8. The fourth-order valence-corrected chi connectivity index (χ4v) is 5.14. The van der Waals surface area contributed by atoms with Gasteiger partial charge in [0, 0.05) is 36.2 Å². The predicted molar refractivity (Wildman–Crippen MR) is 145 cm³/mol. The highest BCUT2D eigenvalue weighted by Gasteiger charge is 2.35. The maximum atomic E-state index is 12.9. The van der Waals surface area contributed by atoms with Crippen LogP contribution in [0.1, 0.15) is 40.7 Å². The standard InChI is InChI=1S/C25H25N5O4S.C2H6/c1-30-12-19(24-28-29-25(32)35-24)21(13-30)27-23(31)16-5-7-17(8-6-16)34-14-15-10-20-18(4-3-9-26-20)22(11-15)33-2;1-2/h3-11,19,21H,12-14H2,1-2H3,(H,27,31)(H,29,32);1-2H3/t19-,21?;/m0./s1. The van der Waals surface area contributed by atoms with Gasteiger partial charge in [0.15, 0.2) is 0 Å². The lowest BCUT2D eigenvalue weighted by molar-refractivity contribution is 0.0935. The summed E-state index contributed by atoms with van der Waals surface area (Å²) in [5.74, 6) is 1.21. The number of methoxy groups -OCH3 is 1. The number of nitrogens with zero attached hydrogens (tertiary/aromatic N) is 3. The van der Waals surface area contributed by atoms with Crippen LogP contribution in [0.4, 0.5) is 0 Å². The van der Waals surface area contributed by atoms with Crippen LogP contribution in [0.3, 0.4) is 0 Å². The zero-order valence-electron chi connectivity index (χ0n) is 21.4. The molecule has 1 saturated heterocycles. The first kappa shape index (κ1) is 26.3. The van der Waals surface area contributed by atoms with E-state index in [9.17, 15) is 9.59 Å². The van der Waals surface area contributed by atoms with Crippen molar-refractivity contribution in [3.05, 3.63) is 80.5 Å². The topological polar surface area (TPSA) is 109 Å². The highest BCUT2D eigenvalue weighted by atomic mass is 32.1. The van der Waals surface area contributed by atoms with Crippen LogP contribution in [0.2, 0.25) is 0 Å². The molecular formula is C27H31N5O4S. The van der Waals surface area contributed by atoms with Crippen LogP contribution in [-0.4, -0.2) is 59.3 Å². The Labute approximate surface area is 219 Å². The van der Waals surface area contributed by atoms with Crippen molar-refractivity contribution in [1.82, 2.24) is 25.4 Å². The molecule has 1 amide bonds. The van der Waals surface area contributed by atoms with E-state index in [4.69, 9.17) is 9.47 Å². The SMILES string of the molecule is CC.COc1cc(COc2ccc(C(=O)NC3CN(C)C[C@@H]3c3n[nH]c(=O)s3)cc2)cc2ncccc12. The number of carbonyl (C=O) groups is 1. The van der Waals surface area contributed by atoms with E-state index in [1.165, 1.54) is 0 Å². The molecule has 1 aliphatic heterocycles. The van der Waals surface area contributed by atoms with Crippen LogP contribution in [0.15, 0.2) is 59.5 Å². The average Bonchev–Trinajstić information content (AvgIpc) is 3.52. The van der Waals surface area contributed by atoms with E-state index in [0.29, 0.717) is 29.5 Å². The number of H-pyrrole nitrogens is 1. The number of benzene rings is 2. The van der Waals surface area contributed by atoms with Gasteiger partial charge in [0.1, 0.15) is 23.1 Å². The van der Waals surface area contributed by atoms with Gasteiger partial charge in [-0.05, 0) is 61.1 Å². The van der Waals surface area contributed by atoms with Crippen LogP contribution >= 0.6 is 11.3 Å². The minimum Gasteiger partial charge on any atom is -0.496 e. The average molecular weight is 522 g/mol. The molecule has 9 nitrogen and oxygen atoms in total. The number of aromatic nitrogens is 3. The number of nitrogens with one attached hydrogen (secondary N) is 2. The van der Waals surface area contributed by atoms with Gasteiger partial charge in [-0.3, -0.25) is 14.6 Å². The number of ether oxygens (including phenoxy) is 2. The zero-order valence-corrected chi connectivity index (χ0v) is 22.2. The molecule has 10 heteroatoms. The van der Waals surface area contributed by atoms with Gasteiger partial charge < -0.3 is 19.7 Å². The summed E-state index contributed by atoms with van der Waals surface area (Å²) in [5, 5.41) is 11.4. The molecule has 0 aliphatic carbocycles. The van der Waals surface area contributed by atoms with E-state index in [0.717, 1.165) is 40.1 Å². The summed E-state index contributed by atoms with van der Waals surface area (Å²) >= 11 is 1.09. The van der Waals surface area contributed by atoms with Gasteiger partial charge in [0.25, 0.3) is 5.91 Å². The molecule has 0 spiro atoms. The lowest BCUT2D eigenvalue weighted by Gasteiger charge is -2.18. The van der Waals surface area contributed by atoms with Crippen molar-refractivity contribution in [1.29, 1.82) is 0 Å². The van der Waals surface area contributed by atoms with Crippen molar-refractivity contribution in [2.24, 2.45) is 0 Å². The lowest BCUT2D eigenvalue weighted by atomic mass is 10.0. The molecule has 0 bridgehead atoms. The van der Waals surface area contributed by atoms with Crippen molar-refractivity contribution in [3.63, 3.8) is 0 Å². The number of pyridine rings is 1. The third kappa shape index (κ3) is 6.15. The Kier molecular flexibility index (Phi) is 8.52. The summed E-state index contributed by atoms with van der Waals surface area (Å²) in [6, 6.07) is 14.7. The van der Waals surface area contributed by atoms with Gasteiger partial charge in [0.2, 0.25) is 0 Å². The first-order chi connectivity index (χ1) is 18.0. The Hall–Kier alpha value is -3.76. The van der Waals surface area contributed by atoms with Crippen LogP contribution in [0.25, 0.3) is 10.9 Å². The highest BCUT2D eigenvalue weighted by molar-refractivity contribution is 7.08. The fraction of sp³-hybridized carbons (Fsp3) is 0.333. The van der Waals surface area contributed by atoms with E-state index >= 15 is 0 Å². The highest BCUT2D eigenvalue weighted by Crippen LogP contribution is 2.28. The number of likely N-dealkylation sites (N-methyl/N-ethyl adjacent to an activating group) is 1. The van der Waals surface area contributed by atoms with E-state index < -0.39 is 0 Å². The first-order valence-electron chi connectivity index (χ1n) is 12.2. The number of amides is 1. The molecule has 0 saturated carbocycles. The normalized spacial score (nSPS) is 17.2. The van der Waals surface area contributed by atoms with Crippen molar-refractivity contribution < 1.29 is 14.3 Å². The number of fused-ring (bicyclic) bond motifs is 1. The van der Waals surface area contributed by atoms with Crippen LogP contribution in [0, 0.1) is 0 Å². The summed E-state index contributed by atoms with van der Waals surface area (Å²) in [5.41, 5.74) is 2.32. The Balaban J connectivity index is 0.00000156. The molecule has 2 atom stereocenters. The van der Waals surface area contributed by atoms with Crippen LogP contribution in [0.5, 0.6) is 11.5 Å². The molecule has 0 radical (unpaired) electrons. The van der Waals surface area contributed by atoms with Crippen molar-refractivity contribution in [3.8, 4) is 11.5 Å². The Morgan fingerprint density at radius 3 is 2.68 bits per heavy atom. The molecule has 3 heterocycles. The zero-order chi connectivity index (χ0) is 26.4. The van der Waals surface area contributed by atoms with Crippen LogP contribution in [-0.2, 0) is 6.61 Å². The number of hydrogen-bond donors (Lipinski definition) is 2. The summed E-state index contributed by atoms with van der Waals surface area (Å²) < 4.78 is 11.4. The van der Waals surface area contributed by atoms with E-state index in [1.54, 1.807) is 37.6 Å². The van der Waals surface area contributed by atoms with Gasteiger partial charge in [-0.1, -0.05) is 25.2 Å². The molecule has 37 heavy (non-hydrogen) atoms. The number of hydrogen-bond acceptors (Lipinski definition) is 8. The van der Waals surface area contributed by atoms with Crippen molar-refractivity contribution >= 4 is 28.1 Å². The molecule has 1 aliphatic rings. The Morgan fingerprint density at radius 1 is 1.19 bits per heavy atom. The van der Waals surface area contributed by atoms with Gasteiger partial charge >= 0.3 is 4.87 Å². The van der Waals surface area contributed by atoms with Gasteiger partial charge in [-0.2, -0.15) is 5.10 Å². The number of rotatable bonds is 7. The third-order valence-corrected chi connectivity index (χ3v) is 6.96. The third-order valence-electron chi connectivity index (χ3n) is 6.08. The number of aromatic amines is 1. The molecule has 1 fully saturated rings. The molecule has 2 aromatic carbocycles. The fourth-order valence-electron chi connectivity index (χ4n) is 4.37. The first-order valence-corrected chi connectivity index (χ1v) is 13.0. The number of likely N-dealkylation sites (tertiary alicyclic amines) is 1. The maximum absolute atomic E-state index is 12.9. The molecule has 194 valence electrons. The quantitative estimate of drug-likeness (QED) is 0.380. The van der Waals surface area contributed by atoms with E-state index in [1.807, 2.05) is 45.2 Å². The lowest BCUT2D eigenvalue weighted by Crippen LogP contribution is -2.39. The summed E-state index contributed by atoms with van der Waals surface area (Å²) in [6.45, 7) is 5.76. The second-order valence-electron chi connectivity index (χ2n) is 8.54. The van der Waals surface area contributed by atoms with Crippen LogP contribution < -0.4 is 19.7 Å². The minimum atomic E-state index is -0.186. The summed E-state index contributed by atoms with van der Waals surface area (Å²) in [7, 11) is 3.63. The Bertz CT molecular complexity index is 1400. The van der Waals surface area contributed by atoms with Crippen molar-refractivity contribution in [2.45, 2.75) is 32.4 Å². The van der Waals surface area contributed by atoms with E-state index in [2.05, 4.69) is 25.4 Å². The van der Waals surface area contributed by atoms with Gasteiger partial charge in [-0.15, -0.1) is 0 Å². The van der Waals surface area contributed by atoms with Crippen molar-refractivity contribution in [2.75, 3.05) is 27.2 Å². The minimum absolute atomic E-state index is 0.0241. The molecule has 5 rings (SSSR count). The van der Waals surface area contributed by atoms with Gasteiger partial charge in [-0.25, -0.2) is 5.10 Å². The molecule has 2 aromatic heterocycles. The maximum Gasteiger partial charge on any atom is 0.322 e. The predicted octanol–water partition coefficient (Wildman–Crippen LogP) is 3.82. The largest absolute Gasteiger partial charge is 0.496 e. The molecule has 4 aromatic rings.